The van der Waals surface area contributed by atoms with Crippen LogP contribution in [0.5, 0.6) is 0 Å². The Hall–Kier alpha value is -2.66. The number of rotatable bonds is 16. The highest BCUT2D eigenvalue weighted by Gasteiger charge is 2.46. The normalized spacial score (nSPS) is 14.3. The highest BCUT2D eigenvalue weighted by Crippen LogP contribution is 2.50. The lowest BCUT2D eigenvalue weighted by Gasteiger charge is -2.42. The summed E-state index contributed by atoms with van der Waals surface area (Å²) in [7, 11) is -4.07. The summed E-state index contributed by atoms with van der Waals surface area (Å²) in [6.07, 6.45) is 0. The first-order valence-corrected chi connectivity index (χ1v) is 26.3. The van der Waals surface area contributed by atoms with Crippen molar-refractivity contribution in [3.63, 3.8) is 0 Å². The van der Waals surface area contributed by atoms with Crippen LogP contribution in [0.25, 0.3) is 22.3 Å². The number of benzene rings is 4. The van der Waals surface area contributed by atoms with Gasteiger partial charge in [-0.3, -0.25) is 4.79 Å². The maximum Gasteiger partial charge on any atom is 0.200 e. The monoisotopic (exact) mass is 912 g/mol. The molecule has 0 aromatic heterocycles. The molecule has 0 atom stereocenters. The van der Waals surface area contributed by atoms with Crippen molar-refractivity contribution in [3.8, 4) is 0 Å². The molecule has 3 nitrogen and oxygen atoms in total. The Balaban J connectivity index is 1.60. The van der Waals surface area contributed by atoms with Gasteiger partial charge < -0.3 is 8.85 Å². The van der Waals surface area contributed by atoms with Crippen molar-refractivity contribution in [2.24, 2.45) is 0 Å². The van der Waals surface area contributed by atoms with E-state index in [1.165, 1.54) is 0 Å². The SMILES string of the molecule is CC(C)[Si](OCc1ccc(C2=C(c3ccc(Br)cc3)C(c3ccc(Br)cc3)=C(c3ccc(CO[Si](C(C)C)(C(C)C)C(C)C)cc3)C2=O)cc1)(C(C)C)C(C)C. The quantitative estimate of drug-likeness (QED) is 0.105. The van der Waals surface area contributed by atoms with E-state index >= 15 is 4.79 Å². The largest absolute Gasteiger partial charge is 0.412 e. The van der Waals surface area contributed by atoms with E-state index in [0.717, 1.165) is 64.6 Å². The molecule has 0 heterocycles. The zero-order valence-electron chi connectivity index (χ0n) is 35.6. The van der Waals surface area contributed by atoms with Gasteiger partial charge in [-0.1, -0.05) is 188 Å². The van der Waals surface area contributed by atoms with Crippen LogP contribution in [-0.4, -0.2) is 22.4 Å². The average molecular weight is 915 g/mol. The molecule has 0 unspecified atom stereocenters. The summed E-state index contributed by atoms with van der Waals surface area (Å²) < 4.78 is 15.9. The number of hydrogen-bond donors (Lipinski definition) is 0. The van der Waals surface area contributed by atoms with Crippen LogP contribution >= 0.6 is 31.9 Å². The second kappa shape index (κ2) is 18.5. The fourth-order valence-electron chi connectivity index (χ4n) is 9.92. The number of Topliss-reactive ketones (excluding diaryl/α,β-unsaturated/α-hetero) is 1. The van der Waals surface area contributed by atoms with Gasteiger partial charge in [0.05, 0.1) is 13.2 Å². The molecule has 0 aliphatic heterocycles. The number of carbonyl (C=O) groups is 1. The number of halogens is 2. The average Bonchev–Trinajstić information content (AvgIpc) is 3.44. The van der Waals surface area contributed by atoms with Crippen molar-refractivity contribution in [1.29, 1.82) is 0 Å². The minimum atomic E-state index is -2.04. The molecule has 0 fully saturated rings. The highest BCUT2D eigenvalue weighted by molar-refractivity contribution is 9.10. The van der Waals surface area contributed by atoms with Crippen LogP contribution in [0, 0.1) is 0 Å². The predicted octanol–water partition coefficient (Wildman–Crippen LogP) is 15.7. The molecule has 0 saturated carbocycles. The summed E-state index contributed by atoms with van der Waals surface area (Å²) in [6, 6.07) is 33.7. The summed E-state index contributed by atoms with van der Waals surface area (Å²) in [6.45, 7) is 29.0. The first kappa shape index (κ1) is 44.4. The van der Waals surface area contributed by atoms with Crippen LogP contribution in [-0.2, 0) is 26.9 Å². The molecule has 4 aromatic carbocycles. The van der Waals surface area contributed by atoms with Crippen molar-refractivity contribution in [2.75, 3.05) is 0 Å². The lowest BCUT2D eigenvalue weighted by Crippen LogP contribution is -2.47. The number of allylic oxidation sites excluding steroid dienone is 4. The van der Waals surface area contributed by atoms with Gasteiger partial charge in [-0.25, -0.2) is 0 Å². The van der Waals surface area contributed by atoms with Crippen molar-refractivity contribution in [3.05, 3.63) is 139 Å². The first-order chi connectivity index (χ1) is 26.4. The molecule has 0 radical (unpaired) electrons. The van der Waals surface area contributed by atoms with E-state index in [9.17, 15) is 0 Å². The Morgan fingerprint density at radius 1 is 0.393 bits per heavy atom. The molecule has 0 bridgehead atoms. The topological polar surface area (TPSA) is 35.5 Å². The molecule has 0 saturated heterocycles. The smallest absolute Gasteiger partial charge is 0.200 e. The van der Waals surface area contributed by atoms with Crippen LogP contribution in [0.1, 0.15) is 116 Å². The molecule has 1 aliphatic carbocycles. The van der Waals surface area contributed by atoms with Gasteiger partial charge >= 0.3 is 0 Å². The Labute approximate surface area is 356 Å². The van der Waals surface area contributed by atoms with Crippen molar-refractivity contribution in [1.82, 2.24) is 0 Å². The standard InChI is InChI=1S/C49H62Br2O3Si2/c1-31(2)55(32(3)4,33(5)6)53-29-37-13-17-41(18-14-37)47-45(39-21-25-43(50)26-22-39)46(40-23-27-44(51)28-24-40)48(49(47)52)42-19-15-38(16-20-42)30-54-56(34(7)8,35(9)10)36(11)12/h13-28,31-36H,29-30H2,1-12H3. The van der Waals surface area contributed by atoms with E-state index in [1.807, 2.05) is 0 Å². The van der Waals surface area contributed by atoms with Gasteiger partial charge in [-0.15, -0.1) is 0 Å². The molecular formula is C49H62Br2O3Si2. The molecule has 5 rings (SSSR count). The summed E-state index contributed by atoms with van der Waals surface area (Å²) in [5, 5.41) is 0. The van der Waals surface area contributed by atoms with Crippen LogP contribution in [0.2, 0.25) is 33.2 Å². The lowest BCUT2D eigenvalue weighted by molar-refractivity contribution is -0.108. The number of carbonyl (C=O) groups excluding carboxylic acids is 1. The summed E-state index contributed by atoms with van der Waals surface area (Å²) in [5.74, 6) is 0.0329. The Bertz CT molecular complexity index is 1830. The first-order valence-electron chi connectivity index (χ1n) is 20.5. The van der Waals surface area contributed by atoms with Gasteiger partial charge in [0.15, 0.2) is 5.78 Å². The lowest BCUT2D eigenvalue weighted by atomic mass is 9.89. The van der Waals surface area contributed by atoms with E-state index in [2.05, 4.69) is 212 Å². The fourth-order valence-corrected chi connectivity index (χ4v) is 21.3. The predicted molar refractivity (Wildman–Crippen MR) is 251 cm³/mol. The van der Waals surface area contributed by atoms with E-state index in [4.69, 9.17) is 8.85 Å². The third-order valence-corrected chi connectivity index (χ3v) is 25.5. The van der Waals surface area contributed by atoms with E-state index in [-0.39, 0.29) is 5.78 Å². The molecule has 56 heavy (non-hydrogen) atoms. The number of hydrogen-bond acceptors (Lipinski definition) is 3. The molecular weight excluding hydrogens is 853 g/mol. The van der Waals surface area contributed by atoms with E-state index in [1.54, 1.807) is 0 Å². The van der Waals surface area contributed by atoms with Crippen molar-refractivity contribution in [2.45, 2.75) is 130 Å². The molecule has 1 aliphatic rings. The van der Waals surface area contributed by atoms with Gasteiger partial charge in [-0.2, -0.15) is 0 Å². The molecule has 0 spiro atoms. The molecule has 7 heteroatoms. The van der Waals surface area contributed by atoms with Gasteiger partial charge in [0.25, 0.3) is 0 Å². The van der Waals surface area contributed by atoms with E-state index in [0.29, 0.717) is 46.5 Å². The maximum absolute atomic E-state index is 15.2. The highest BCUT2D eigenvalue weighted by atomic mass is 79.9. The van der Waals surface area contributed by atoms with Crippen molar-refractivity contribution < 1.29 is 13.6 Å². The fraction of sp³-hybridized carbons (Fsp3) is 0.408. The molecule has 298 valence electrons. The van der Waals surface area contributed by atoms with Gasteiger partial charge in [0.2, 0.25) is 16.6 Å². The second-order valence-electron chi connectivity index (χ2n) is 17.4. The van der Waals surface area contributed by atoms with Crippen LogP contribution in [0.3, 0.4) is 0 Å². The van der Waals surface area contributed by atoms with Gasteiger partial charge in [-0.05, 0) is 90.9 Å². The summed E-state index contributed by atoms with van der Waals surface area (Å²) >= 11 is 7.29. The Morgan fingerprint density at radius 3 is 0.875 bits per heavy atom. The molecule has 0 N–H and O–H groups in total. The van der Waals surface area contributed by atoms with Gasteiger partial charge in [0, 0.05) is 31.2 Å². The minimum absolute atomic E-state index is 0.0329. The molecule has 0 amide bonds. The van der Waals surface area contributed by atoms with Crippen LogP contribution in [0.4, 0.5) is 0 Å². The summed E-state index contributed by atoms with van der Waals surface area (Å²) in [5.41, 5.74) is 12.5. The second-order valence-corrected chi connectivity index (χ2v) is 30.2. The third kappa shape index (κ3) is 8.84. The van der Waals surface area contributed by atoms with Crippen LogP contribution in [0.15, 0.2) is 106 Å². The number of ketones is 1. The summed E-state index contributed by atoms with van der Waals surface area (Å²) in [4.78, 5) is 15.2. The van der Waals surface area contributed by atoms with Crippen molar-refractivity contribution >= 4 is 76.6 Å². The zero-order valence-corrected chi connectivity index (χ0v) is 40.8. The molecule has 4 aromatic rings. The van der Waals surface area contributed by atoms with Gasteiger partial charge in [0.1, 0.15) is 0 Å². The Kier molecular flexibility index (Phi) is 14.7. The third-order valence-electron chi connectivity index (χ3n) is 12.3. The van der Waals surface area contributed by atoms with Crippen LogP contribution < -0.4 is 0 Å². The minimum Gasteiger partial charge on any atom is -0.412 e. The Morgan fingerprint density at radius 2 is 0.625 bits per heavy atom. The zero-order chi connectivity index (χ0) is 41.1. The maximum atomic E-state index is 15.2. The van der Waals surface area contributed by atoms with E-state index < -0.39 is 16.6 Å².